The van der Waals surface area contributed by atoms with E-state index in [1.165, 1.54) is 11.6 Å². The summed E-state index contributed by atoms with van der Waals surface area (Å²) in [6.07, 6.45) is 0.608. The van der Waals surface area contributed by atoms with Gasteiger partial charge >= 0.3 is 0 Å². The fourth-order valence-electron chi connectivity index (χ4n) is 2.13. The van der Waals surface area contributed by atoms with Crippen molar-refractivity contribution in [2.24, 2.45) is 0 Å². The number of benzene rings is 2. The Kier molecular flexibility index (Phi) is 5.35. The molecule has 0 bridgehead atoms. The molecule has 0 heterocycles. The molecule has 0 spiro atoms. The lowest BCUT2D eigenvalue weighted by atomic mass is 9.98. The van der Waals surface area contributed by atoms with Gasteiger partial charge in [-0.15, -0.1) is 0 Å². The first-order valence-corrected chi connectivity index (χ1v) is 7.97. The van der Waals surface area contributed by atoms with E-state index in [9.17, 15) is 4.39 Å². The lowest BCUT2D eigenvalue weighted by molar-refractivity contribution is 0.554. The zero-order chi connectivity index (χ0) is 14.7. The second-order valence-corrected chi connectivity index (χ2v) is 6.56. The Morgan fingerprint density at radius 3 is 2.55 bits per heavy atom. The highest BCUT2D eigenvalue weighted by atomic mass is 79.9. The molecule has 0 saturated heterocycles. The van der Waals surface area contributed by atoms with Crippen LogP contribution in [0.4, 0.5) is 4.39 Å². The summed E-state index contributed by atoms with van der Waals surface area (Å²) in [5.41, 5.74) is 3.04. The van der Waals surface area contributed by atoms with Crippen LogP contribution in [-0.2, 0) is 6.42 Å². The fraction of sp³-hybridized carbons (Fsp3) is 0.250. The zero-order valence-corrected chi connectivity index (χ0v) is 14.6. The molecule has 0 radical (unpaired) electrons. The Hall–Kier alpha value is -0.710. The summed E-state index contributed by atoms with van der Waals surface area (Å²) < 4.78 is 15.8. The van der Waals surface area contributed by atoms with Gasteiger partial charge in [0.2, 0.25) is 0 Å². The molecule has 1 N–H and O–H groups in total. The molecular formula is C16H16Br2FN. The molecule has 0 saturated carbocycles. The van der Waals surface area contributed by atoms with Gasteiger partial charge in [-0.2, -0.15) is 0 Å². The molecule has 1 nitrogen and oxygen atoms in total. The lowest BCUT2D eigenvalue weighted by Crippen LogP contribution is -2.19. The van der Waals surface area contributed by atoms with E-state index in [1.807, 2.05) is 13.1 Å². The average Bonchev–Trinajstić information content (AvgIpc) is 2.43. The van der Waals surface area contributed by atoms with E-state index in [4.69, 9.17) is 0 Å². The molecule has 0 amide bonds. The number of hydrogen-bond donors (Lipinski definition) is 1. The molecule has 2 rings (SSSR count). The van der Waals surface area contributed by atoms with Gasteiger partial charge in [-0.1, -0.05) is 44.0 Å². The molecule has 106 valence electrons. The average molecular weight is 401 g/mol. The summed E-state index contributed by atoms with van der Waals surface area (Å²) in [4.78, 5) is 0. The first-order valence-electron chi connectivity index (χ1n) is 6.38. The predicted octanol–water partition coefficient (Wildman–Crippen LogP) is 5.16. The molecule has 4 heteroatoms. The molecule has 1 atom stereocenters. The largest absolute Gasteiger partial charge is 0.313 e. The Labute approximate surface area is 135 Å². The third-order valence-electron chi connectivity index (χ3n) is 3.38. The summed E-state index contributed by atoms with van der Waals surface area (Å²) in [6.45, 7) is 2.05. The van der Waals surface area contributed by atoms with Crippen LogP contribution in [0.5, 0.6) is 0 Å². The smallest absolute Gasteiger partial charge is 0.126 e. The van der Waals surface area contributed by atoms with Gasteiger partial charge in [0.05, 0.1) is 0 Å². The van der Waals surface area contributed by atoms with Crippen LogP contribution in [0.2, 0.25) is 0 Å². The van der Waals surface area contributed by atoms with Crippen LogP contribution in [0.25, 0.3) is 0 Å². The van der Waals surface area contributed by atoms with E-state index >= 15 is 0 Å². The van der Waals surface area contributed by atoms with Crippen molar-refractivity contribution in [3.8, 4) is 0 Å². The van der Waals surface area contributed by atoms with Gasteiger partial charge in [-0.3, -0.25) is 0 Å². The molecule has 2 aromatic rings. The highest BCUT2D eigenvalue weighted by Gasteiger charge is 2.14. The van der Waals surface area contributed by atoms with Crippen molar-refractivity contribution >= 4 is 31.9 Å². The van der Waals surface area contributed by atoms with Gasteiger partial charge in [-0.05, 0) is 61.3 Å². The monoisotopic (exact) mass is 399 g/mol. The van der Waals surface area contributed by atoms with Crippen molar-refractivity contribution < 1.29 is 4.39 Å². The minimum Gasteiger partial charge on any atom is -0.313 e. The number of nitrogens with one attached hydrogen (secondary N) is 1. The predicted molar refractivity (Wildman–Crippen MR) is 88.5 cm³/mol. The Balaban J connectivity index is 2.28. The summed E-state index contributed by atoms with van der Waals surface area (Å²) in [6, 6.07) is 11.4. The van der Waals surface area contributed by atoms with Crippen molar-refractivity contribution in [3.63, 3.8) is 0 Å². The molecule has 0 aliphatic rings. The van der Waals surface area contributed by atoms with Crippen LogP contribution in [0, 0.1) is 12.7 Å². The maximum absolute atomic E-state index is 13.9. The molecule has 0 aliphatic carbocycles. The van der Waals surface area contributed by atoms with Crippen molar-refractivity contribution in [1.82, 2.24) is 5.32 Å². The first-order chi connectivity index (χ1) is 9.51. The Morgan fingerprint density at radius 1 is 1.15 bits per heavy atom. The zero-order valence-electron chi connectivity index (χ0n) is 11.4. The topological polar surface area (TPSA) is 12.0 Å². The lowest BCUT2D eigenvalue weighted by Gasteiger charge is -2.18. The summed E-state index contributed by atoms with van der Waals surface area (Å²) >= 11 is 6.94. The van der Waals surface area contributed by atoms with E-state index in [0.717, 1.165) is 14.5 Å². The molecular weight excluding hydrogens is 385 g/mol. The molecule has 2 aromatic carbocycles. The van der Waals surface area contributed by atoms with E-state index in [-0.39, 0.29) is 11.9 Å². The van der Waals surface area contributed by atoms with Gasteiger partial charge in [0.25, 0.3) is 0 Å². The third-order valence-corrected chi connectivity index (χ3v) is 4.73. The van der Waals surface area contributed by atoms with Gasteiger partial charge in [0, 0.05) is 15.0 Å². The Morgan fingerprint density at radius 2 is 1.90 bits per heavy atom. The van der Waals surface area contributed by atoms with Gasteiger partial charge in [-0.25, -0.2) is 4.39 Å². The summed E-state index contributed by atoms with van der Waals surface area (Å²) in [5, 5.41) is 3.26. The molecule has 0 aliphatic heterocycles. The molecule has 0 fully saturated rings. The van der Waals surface area contributed by atoms with Crippen LogP contribution >= 0.6 is 31.9 Å². The van der Waals surface area contributed by atoms with Gasteiger partial charge in [0.1, 0.15) is 5.82 Å². The van der Waals surface area contributed by atoms with Gasteiger partial charge in [0.15, 0.2) is 0 Å². The minimum atomic E-state index is -0.167. The van der Waals surface area contributed by atoms with E-state index < -0.39 is 0 Å². The second-order valence-electron chi connectivity index (χ2n) is 4.79. The van der Waals surface area contributed by atoms with Crippen LogP contribution in [-0.4, -0.2) is 7.05 Å². The maximum Gasteiger partial charge on any atom is 0.126 e. The number of rotatable bonds is 4. The number of likely N-dealkylation sites (N-methyl/N-ethyl adjacent to an activating group) is 1. The van der Waals surface area contributed by atoms with Crippen LogP contribution in [0.3, 0.4) is 0 Å². The standard InChI is InChI=1S/C16H16Br2FN/c1-10-3-4-11(8-14(10)18)16(20-2)9-12-7-13(17)5-6-15(12)19/h3-8,16,20H,9H2,1-2H3. The minimum absolute atomic E-state index is 0.0794. The number of halogens is 3. The van der Waals surface area contributed by atoms with Crippen LogP contribution in [0.1, 0.15) is 22.7 Å². The van der Waals surface area contributed by atoms with Crippen molar-refractivity contribution in [1.29, 1.82) is 0 Å². The fourth-order valence-corrected chi connectivity index (χ4v) is 2.94. The second kappa shape index (κ2) is 6.83. The van der Waals surface area contributed by atoms with E-state index in [2.05, 4.69) is 62.3 Å². The highest BCUT2D eigenvalue weighted by Crippen LogP contribution is 2.26. The Bertz CT molecular complexity index is 613. The van der Waals surface area contributed by atoms with E-state index in [0.29, 0.717) is 12.0 Å². The number of hydrogen-bond acceptors (Lipinski definition) is 1. The molecule has 1 unspecified atom stereocenters. The van der Waals surface area contributed by atoms with Crippen molar-refractivity contribution in [3.05, 3.63) is 67.9 Å². The SMILES string of the molecule is CNC(Cc1cc(Br)ccc1F)c1ccc(C)c(Br)c1. The summed E-state index contributed by atoms with van der Waals surface area (Å²) in [5.74, 6) is -0.167. The normalized spacial score (nSPS) is 12.4. The number of aryl methyl sites for hydroxylation is 1. The quantitative estimate of drug-likeness (QED) is 0.747. The third kappa shape index (κ3) is 3.68. The van der Waals surface area contributed by atoms with Crippen LogP contribution < -0.4 is 5.32 Å². The molecule has 20 heavy (non-hydrogen) atoms. The maximum atomic E-state index is 13.9. The van der Waals surface area contributed by atoms with Gasteiger partial charge < -0.3 is 5.32 Å². The first kappa shape index (κ1) is 15.7. The van der Waals surface area contributed by atoms with E-state index in [1.54, 1.807) is 6.07 Å². The van der Waals surface area contributed by atoms with Crippen molar-refractivity contribution in [2.45, 2.75) is 19.4 Å². The van der Waals surface area contributed by atoms with Crippen molar-refractivity contribution in [2.75, 3.05) is 7.05 Å². The molecule has 0 aromatic heterocycles. The summed E-state index contributed by atoms with van der Waals surface area (Å²) in [7, 11) is 1.90. The van der Waals surface area contributed by atoms with Crippen LogP contribution in [0.15, 0.2) is 45.3 Å². The highest BCUT2D eigenvalue weighted by molar-refractivity contribution is 9.10.